The quantitative estimate of drug-likeness (QED) is 0.749. The average molecular weight is 357 g/mol. The molecule has 3 nitrogen and oxygen atoms in total. The molecule has 0 saturated carbocycles. The summed E-state index contributed by atoms with van der Waals surface area (Å²) in [6, 6.07) is 26.2. The van der Waals surface area contributed by atoms with Crippen molar-refractivity contribution in [2.24, 2.45) is 5.92 Å². The van der Waals surface area contributed by atoms with Crippen molar-refractivity contribution in [3.63, 3.8) is 0 Å². The predicted molar refractivity (Wildman–Crippen MR) is 107 cm³/mol. The number of benzene rings is 3. The third-order valence-corrected chi connectivity index (χ3v) is 5.08. The van der Waals surface area contributed by atoms with Gasteiger partial charge in [-0.3, -0.25) is 4.79 Å². The first kappa shape index (κ1) is 17.3. The molecular weight excluding hydrogens is 334 g/mol. The normalized spacial score (nSPS) is 16.7. The molecule has 2 atom stereocenters. The van der Waals surface area contributed by atoms with Gasteiger partial charge in [-0.2, -0.15) is 0 Å². The summed E-state index contributed by atoms with van der Waals surface area (Å²) in [7, 11) is 0. The first-order valence-corrected chi connectivity index (χ1v) is 9.33. The van der Waals surface area contributed by atoms with Crippen molar-refractivity contribution < 1.29 is 9.53 Å². The molecule has 1 aliphatic rings. The minimum atomic E-state index is -0.184. The van der Waals surface area contributed by atoms with Crippen LogP contribution in [-0.4, -0.2) is 12.5 Å². The van der Waals surface area contributed by atoms with Crippen LogP contribution in [0.25, 0.3) is 0 Å². The van der Waals surface area contributed by atoms with Crippen LogP contribution < -0.4 is 10.1 Å². The standard InChI is InChI=1S/C24H23NO2/c1-17-11-13-19(14-12-17)23(18-7-3-2-4-8-18)25-24(26)21-15-20-9-5-6-10-22(20)27-16-21/h2-14,21,23H,15-16H2,1H3,(H,25,26). The number of nitrogens with one attached hydrogen (secondary N) is 1. The van der Waals surface area contributed by atoms with E-state index in [0.717, 1.165) is 22.4 Å². The molecule has 0 spiro atoms. The molecule has 0 radical (unpaired) electrons. The van der Waals surface area contributed by atoms with Crippen LogP contribution in [0.15, 0.2) is 78.9 Å². The number of fused-ring (bicyclic) bond motifs is 1. The Morgan fingerprint density at radius 2 is 1.59 bits per heavy atom. The van der Waals surface area contributed by atoms with Gasteiger partial charge in [0.2, 0.25) is 5.91 Å². The Hall–Kier alpha value is -3.07. The van der Waals surface area contributed by atoms with Gasteiger partial charge in [-0.05, 0) is 36.1 Å². The van der Waals surface area contributed by atoms with Gasteiger partial charge in [0.05, 0.1) is 12.0 Å². The Morgan fingerprint density at radius 1 is 0.926 bits per heavy atom. The molecule has 27 heavy (non-hydrogen) atoms. The van der Waals surface area contributed by atoms with Crippen molar-refractivity contribution in [2.45, 2.75) is 19.4 Å². The highest BCUT2D eigenvalue weighted by molar-refractivity contribution is 5.80. The van der Waals surface area contributed by atoms with Crippen molar-refractivity contribution in [1.29, 1.82) is 0 Å². The summed E-state index contributed by atoms with van der Waals surface area (Å²) in [5, 5.41) is 3.25. The number of hydrogen-bond acceptors (Lipinski definition) is 2. The molecule has 0 fully saturated rings. The van der Waals surface area contributed by atoms with Crippen LogP contribution in [0.4, 0.5) is 0 Å². The fraction of sp³-hybridized carbons (Fsp3) is 0.208. The van der Waals surface area contributed by atoms with Crippen molar-refractivity contribution in [3.8, 4) is 5.75 Å². The van der Waals surface area contributed by atoms with Crippen LogP contribution in [0.3, 0.4) is 0 Å². The number of amides is 1. The Labute approximate surface area is 160 Å². The summed E-state index contributed by atoms with van der Waals surface area (Å²) < 4.78 is 5.81. The maximum absolute atomic E-state index is 13.0. The van der Waals surface area contributed by atoms with Gasteiger partial charge in [-0.25, -0.2) is 0 Å². The highest BCUT2D eigenvalue weighted by Crippen LogP contribution is 2.28. The van der Waals surface area contributed by atoms with Crippen molar-refractivity contribution >= 4 is 5.91 Å². The fourth-order valence-corrected chi connectivity index (χ4v) is 3.52. The van der Waals surface area contributed by atoms with Crippen LogP contribution in [0.1, 0.15) is 28.3 Å². The number of aryl methyl sites for hydroxylation is 1. The van der Waals surface area contributed by atoms with E-state index in [-0.39, 0.29) is 17.9 Å². The largest absolute Gasteiger partial charge is 0.492 e. The zero-order valence-corrected chi connectivity index (χ0v) is 15.4. The Balaban J connectivity index is 1.57. The molecule has 0 bridgehead atoms. The lowest BCUT2D eigenvalue weighted by molar-refractivity contribution is -0.126. The monoisotopic (exact) mass is 357 g/mol. The maximum atomic E-state index is 13.0. The average Bonchev–Trinajstić information content (AvgIpc) is 2.73. The summed E-state index contributed by atoms with van der Waals surface area (Å²) >= 11 is 0. The van der Waals surface area contributed by atoms with Crippen LogP contribution in [0, 0.1) is 12.8 Å². The second-order valence-corrected chi connectivity index (χ2v) is 7.08. The minimum Gasteiger partial charge on any atom is -0.492 e. The molecular formula is C24H23NO2. The Morgan fingerprint density at radius 3 is 2.37 bits per heavy atom. The molecule has 1 amide bonds. The van der Waals surface area contributed by atoms with Gasteiger partial charge in [0, 0.05) is 0 Å². The summed E-state index contributed by atoms with van der Waals surface area (Å²) in [6.07, 6.45) is 0.706. The first-order chi connectivity index (χ1) is 13.2. The van der Waals surface area contributed by atoms with Gasteiger partial charge in [0.15, 0.2) is 0 Å². The summed E-state index contributed by atoms with van der Waals surface area (Å²) in [5.74, 6) is 0.732. The van der Waals surface area contributed by atoms with Crippen LogP contribution in [0.2, 0.25) is 0 Å². The van der Waals surface area contributed by atoms with Gasteiger partial charge >= 0.3 is 0 Å². The number of rotatable bonds is 4. The molecule has 3 aromatic carbocycles. The first-order valence-electron chi connectivity index (χ1n) is 9.33. The lowest BCUT2D eigenvalue weighted by Crippen LogP contribution is -2.39. The third-order valence-electron chi connectivity index (χ3n) is 5.08. The van der Waals surface area contributed by atoms with E-state index >= 15 is 0 Å². The molecule has 0 saturated heterocycles. The van der Waals surface area contributed by atoms with Gasteiger partial charge in [0.25, 0.3) is 0 Å². The van der Waals surface area contributed by atoms with E-state index < -0.39 is 0 Å². The maximum Gasteiger partial charge on any atom is 0.227 e. The van der Waals surface area contributed by atoms with Crippen LogP contribution in [0.5, 0.6) is 5.75 Å². The molecule has 136 valence electrons. The Kier molecular flexibility index (Phi) is 4.93. The highest BCUT2D eigenvalue weighted by Gasteiger charge is 2.28. The third kappa shape index (κ3) is 3.87. The molecule has 3 heteroatoms. The molecule has 1 N–H and O–H groups in total. The molecule has 0 aliphatic carbocycles. The minimum absolute atomic E-state index is 0.0268. The molecule has 2 unspecified atom stereocenters. The predicted octanol–water partition coefficient (Wildman–Crippen LogP) is 4.45. The Bertz CT molecular complexity index is 919. The van der Waals surface area contributed by atoms with Crippen molar-refractivity contribution in [3.05, 3.63) is 101 Å². The smallest absolute Gasteiger partial charge is 0.227 e. The summed E-state index contributed by atoms with van der Waals surface area (Å²) in [6.45, 7) is 2.48. The van der Waals surface area contributed by atoms with Crippen molar-refractivity contribution in [1.82, 2.24) is 5.32 Å². The zero-order valence-electron chi connectivity index (χ0n) is 15.4. The van der Waals surface area contributed by atoms with Crippen LogP contribution >= 0.6 is 0 Å². The van der Waals surface area contributed by atoms with Crippen LogP contribution in [-0.2, 0) is 11.2 Å². The summed E-state index contributed by atoms with van der Waals surface area (Å²) in [5.41, 5.74) is 4.45. The lowest BCUT2D eigenvalue weighted by atomic mass is 9.93. The highest BCUT2D eigenvalue weighted by atomic mass is 16.5. The number of hydrogen-bond donors (Lipinski definition) is 1. The van der Waals surface area contributed by atoms with E-state index in [4.69, 9.17) is 4.74 Å². The number of para-hydroxylation sites is 1. The topological polar surface area (TPSA) is 38.3 Å². The second-order valence-electron chi connectivity index (χ2n) is 7.08. The molecule has 1 heterocycles. The molecule has 4 rings (SSSR count). The van der Waals surface area contributed by atoms with Gasteiger partial charge in [-0.1, -0.05) is 78.4 Å². The van der Waals surface area contributed by atoms with Gasteiger partial charge < -0.3 is 10.1 Å². The van der Waals surface area contributed by atoms with E-state index in [2.05, 4.69) is 48.6 Å². The van der Waals surface area contributed by atoms with E-state index in [1.54, 1.807) is 0 Å². The molecule has 1 aliphatic heterocycles. The van der Waals surface area contributed by atoms with Gasteiger partial charge in [0.1, 0.15) is 12.4 Å². The van der Waals surface area contributed by atoms with Crippen molar-refractivity contribution in [2.75, 3.05) is 6.61 Å². The molecule has 0 aromatic heterocycles. The second kappa shape index (κ2) is 7.67. The van der Waals surface area contributed by atoms with Gasteiger partial charge in [-0.15, -0.1) is 0 Å². The SMILES string of the molecule is Cc1ccc(C(NC(=O)C2COc3ccccc3C2)c2ccccc2)cc1. The number of ether oxygens (including phenoxy) is 1. The lowest BCUT2D eigenvalue weighted by Gasteiger charge is -2.27. The van der Waals surface area contributed by atoms with E-state index in [9.17, 15) is 4.79 Å². The zero-order chi connectivity index (χ0) is 18.6. The number of carbonyl (C=O) groups excluding carboxylic acids is 1. The molecule has 3 aromatic rings. The van der Waals surface area contributed by atoms with E-state index in [0.29, 0.717) is 13.0 Å². The number of carbonyl (C=O) groups is 1. The summed E-state index contributed by atoms with van der Waals surface area (Å²) in [4.78, 5) is 13.0. The fourth-order valence-electron chi connectivity index (χ4n) is 3.52. The van der Waals surface area contributed by atoms with E-state index in [1.165, 1.54) is 5.56 Å². The van der Waals surface area contributed by atoms with E-state index in [1.807, 2.05) is 42.5 Å².